The fourth-order valence-electron chi connectivity index (χ4n) is 1.99. The molecule has 3 nitrogen and oxygen atoms in total. The summed E-state index contributed by atoms with van der Waals surface area (Å²) in [6.07, 6.45) is 2.01. The van der Waals surface area contributed by atoms with E-state index in [4.69, 9.17) is 0 Å². The number of nitrogens with one attached hydrogen (secondary N) is 1. The molecular formula is C16H20N2OS2. The number of thioether (sulfide) groups is 1. The van der Waals surface area contributed by atoms with Gasteiger partial charge in [0.15, 0.2) is 0 Å². The first-order chi connectivity index (χ1) is 10.1. The van der Waals surface area contributed by atoms with Crippen molar-refractivity contribution in [3.63, 3.8) is 0 Å². The van der Waals surface area contributed by atoms with Gasteiger partial charge in [0.2, 0.25) is 5.91 Å². The third-order valence-electron chi connectivity index (χ3n) is 3.42. The average Bonchev–Trinajstić information content (AvgIpc) is 2.99. The maximum absolute atomic E-state index is 12.4. The smallest absolute Gasteiger partial charge is 0.241 e. The third kappa shape index (κ3) is 4.33. The van der Waals surface area contributed by atoms with Gasteiger partial charge in [0, 0.05) is 11.4 Å². The molecule has 0 aliphatic carbocycles. The molecule has 1 N–H and O–H groups in total. The highest BCUT2D eigenvalue weighted by Gasteiger charge is 2.19. The van der Waals surface area contributed by atoms with Crippen LogP contribution in [0.3, 0.4) is 0 Å². The van der Waals surface area contributed by atoms with Crippen LogP contribution in [0.25, 0.3) is 0 Å². The number of anilines is 1. The van der Waals surface area contributed by atoms with E-state index in [0.29, 0.717) is 0 Å². The maximum atomic E-state index is 12.4. The number of thiophene rings is 1. The molecule has 0 saturated heterocycles. The fraction of sp³-hybridized carbons (Fsp3) is 0.312. The number of nitrogens with zero attached hydrogens (tertiary/aromatic N) is 1. The van der Waals surface area contributed by atoms with Crippen LogP contribution in [0.15, 0.2) is 46.0 Å². The largest absolute Gasteiger partial charge is 0.324 e. The molecule has 0 spiro atoms. The molecule has 0 radical (unpaired) electrons. The summed E-state index contributed by atoms with van der Waals surface area (Å²) >= 11 is 3.31. The van der Waals surface area contributed by atoms with Crippen LogP contribution in [0.5, 0.6) is 0 Å². The summed E-state index contributed by atoms with van der Waals surface area (Å²) in [5.74, 6) is 0.0224. The molecule has 0 fully saturated rings. The molecule has 0 aliphatic heterocycles. The zero-order chi connectivity index (χ0) is 15.2. The summed E-state index contributed by atoms with van der Waals surface area (Å²) in [6, 6.07) is 9.78. The highest BCUT2D eigenvalue weighted by molar-refractivity contribution is 7.98. The maximum Gasteiger partial charge on any atom is 0.241 e. The lowest BCUT2D eigenvalue weighted by molar-refractivity contribution is -0.120. The van der Waals surface area contributed by atoms with Crippen molar-refractivity contribution in [1.82, 2.24) is 4.90 Å². The third-order valence-corrected chi connectivity index (χ3v) is 4.95. The van der Waals surface area contributed by atoms with Crippen molar-refractivity contribution in [3.8, 4) is 0 Å². The lowest BCUT2D eigenvalue weighted by atomic mass is 10.2. The van der Waals surface area contributed by atoms with E-state index in [1.807, 2.05) is 44.5 Å². The number of amides is 1. The Bertz CT molecular complexity index is 584. The van der Waals surface area contributed by atoms with Crippen LogP contribution < -0.4 is 5.32 Å². The number of carbonyl (C=O) groups excluding carboxylic acids is 1. The Morgan fingerprint density at radius 1 is 1.38 bits per heavy atom. The first-order valence-electron chi connectivity index (χ1n) is 6.77. The monoisotopic (exact) mass is 320 g/mol. The topological polar surface area (TPSA) is 32.3 Å². The second-order valence-corrected chi connectivity index (χ2v) is 6.54. The van der Waals surface area contributed by atoms with Gasteiger partial charge in [0.1, 0.15) is 0 Å². The van der Waals surface area contributed by atoms with Crippen molar-refractivity contribution in [2.45, 2.75) is 24.4 Å². The van der Waals surface area contributed by atoms with Gasteiger partial charge in [-0.25, -0.2) is 0 Å². The molecule has 1 amide bonds. The van der Waals surface area contributed by atoms with Gasteiger partial charge in [-0.3, -0.25) is 9.69 Å². The van der Waals surface area contributed by atoms with E-state index in [9.17, 15) is 4.79 Å². The molecule has 0 saturated carbocycles. The van der Waals surface area contributed by atoms with Crippen molar-refractivity contribution in [2.24, 2.45) is 0 Å². The highest BCUT2D eigenvalue weighted by atomic mass is 32.2. The van der Waals surface area contributed by atoms with Crippen LogP contribution in [0.4, 0.5) is 5.69 Å². The summed E-state index contributed by atoms with van der Waals surface area (Å²) in [5, 5.41) is 7.20. The summed E-state index contributed by atoms with van der Waals surface area (Å²) in [7, 11) is 1.97. The molecule has 1 heterocycles. The van der Waals surface area contributed by atoms with Crippen LogP contribution in [0, 0.1) is 0 Å². The summed E-state index contributed by atoms with van der Waals surface area (Å²) in [5.41, 5.74) is 2.12. The van der Waals surface area contributed by atoms with Crippen LogP contribution in [-0.2, 0) is 11.3 Å². The van der Waals surface area contributed by atoms with Gasteiger partial charge in [-0.1, -0.05) is 12.1 Å². The van der Waals surface area contributed by atoms with Crippen LogP contribution in [0.2, 0.25) is 0 Å². The van der Waals surface area contributed by atoms with E-state index < -0.39 is 0 Å². The SMILES string of the molecule is CSc1ccccc1NC(=O)C(C)N(C)Cc1ccsc1. The number of hydrogen-bond donors (Lipinski definition) is 1. The number of carbonyl (C=O) groups is 1. The zero-order valence-electron chi connectivity index (χ0n) is 12.5. The Kier molecular flexibility index (Phi) is 5.85. The number of benzene rings is 1. The van der Waals surface area contributed by atoms with Crippen LogP contribution in [-0.4, -0.2) is 30.2 Å². The Morgan fingerprint density at radius 3 is 2.81 bits per heavy atom. The van der Waals surface area contributed by atoms with E-state index >= 15 is 0 Å². The minimum Gasteiger partial charge on any atom is -0.324 e. The fourth-order valence-corrected chi connectivity index (χ4v) is 3.21. The molecule has 1 aromatic carbocycles. The number of rotatable bonds is 6. The number of hydrogen-bond acceptors (Lipinski definition) is 4. The quantitative estimate of drug-likeness (QED) is 0.819. The number of likely N-dealkylation sites (N-methyl/N-ethyl adjacent to an activating group) is 1. The lowest BCUT2D eigenvalue weighted by Crippen LogP contribution is -2.39. The predicted molar refractivity (Wildman–Crippen MR) is 92.1 cm³/mol. The van der Waals surface area contributed by atoms with Gasteiger partial charge >= 0.3 is 0 Å². The summed E-state index contributed by atoms with van der Waals surface area (Å²) in [6.45, 7) is 2.71. The van der Waals surface area contributed by atoms with Gasteiger partial charge in [-0.05, 0) is 54.7 Å². The van der Waals surface area contributed by atoms with E-state index in [2.05, 4.69) is 27.0 Å². The Balaban J connectivity index is 1.98. The second kappa shape index (κ2) is 7.64. The van der Waals surface area contributed by atoms with Crippen LogP contribution in [0.1, 0.15) is 12.5 Å². The van der Waals surface area contributed by atoms with Crippen molar-refractivity contribution >= 4 is 34.7 Å². The minimum atomic E-state index is -0.181. The van der Waals surface area contributed by atoms with Gasteiger partial charge in [0.05, 0.1) is 11.7 Å². The molecule has 0 bridgehead atoms. The minimum absolute atomic E-state index is 0.0224. The van der Waals surface area contributed by atoms with Crippen molar-refractivity contribution in [3.05, 3.63) is 46.7 Å². The Labute approximate surface area is 134 Å². The standard InChI is InChI=1S/C16H20N2OS2/c1-12(18(2)10-13-8-9-21-11-13)16(19)17-14-6-4-5-7-15(14)20-3/h4-9,11-12H,10H2,1-3H3,(H,17,19). The Morgan fingerprint density at radius 2 is 2.14 bits per heavy atom. The molecule has 1 unspecified atom stereocenters. The molecule has 2 aromatic rings. The van der Waals surface area contributed by atoms with E-state index in [1.165, 1.54) is 5.56 Å². The molecule has 112 valence electrons. The molecule has 2 rings (SSSR count). The Hall–Kier alpha value is -1.30. The first-order valence-corrected chi connectivity index (χ1v) is 8.93. The summed E-state index contributed by atoms with van der Waals surface area (Å²) in [4.78, 5) is 15.5. The summed E-state index contributed by atoms with van der Waals surface area (Å²) < 4.78 is 0. The molecule has 1 aromatic heterocycles. The molecule has 5 heteroatoms. The zero-order valence-corrected chi connectivity index (χ0v) is 14.1. The highest BCUT2D eigenvalue weighted by Crippen LogP contribution is 2.25. The van der Waals surface area contributed by atoms with Gasteiger partial charge in [-0.15, -0.1) is 11.8 Å². The van der Waals surface area contributed by atoms with Gasteiger partial charge < -0.3 is 5.32 Å². The molecule has 0 aliphatic rings. The number of para-hydroxylation sites is 1. The predicted octanol–water partition coefficient (Wildman–Crippen LogP) is 3.93. The van der Waals surface area contributed by atoms with Gasteiger partial charge in [-0.2, -0.15) is 11.3 Å². The first kappa shape index (κ1) is 16.1. The van der Waals surface area contributed by atoms with E-state index in [-0.39, 0.29) is 11.9 Å². The van der Waals surface area contributed by atoms with E-state index in [1.54, 1.807) is 23.1 Å². The lowest BCUT2D eigenvalue weighted by Gasteiger charge is -2.23. The molecular weight excluding hydrogens is 300 g/mol. The van der Waals surface area contributed by atoms with Crippen molar-refractivity contribution in [1.29, 1.82) is 0 Å². The molecule has 1 atom stereocenters. The van der Waals surface area contributed by atoms with Crippen LogP contribution >= 0.6 is 23.1 Å². The van der Waals surface area contributed by atoms with Crippen molar-refractivity contribution < 1.29 is 4.79 Å². The molecule has 21 heavy (non-hydrogen) atoms. The average molecular weight is 320 g/mol. The van der Waals surface area contributed by atoms with E-state index in [0.717, 1.165) is 17.1 Å². The van der Waals surface area contributed by atoms with Gasteiger partial charge in [0.25, 0.3) is 0 Å². The normalized spacial score (nSPS) is 12.4. The van der Waals surface area contributed by atoms with Crippen molar-refractivity contribution in [2.75, 3.05) is 18.6 Å². The second-order valence-electron chi connectivity index (χ2n) is 4.91.